The quantitative estimate of drug-likeness (QED) is 0.0154. The Kier molecular flexibility index (Phi) is 42.4. The number of aliphatic carboxylic acids is 4. The lowest BCUT2D eigenvalue weighted by molar-refractivity contribution is -0.203. The van der Waals surface area contributed by atoms with Crippen LogP contribution in [0.5, 0.6) is 0 Å². The third-order valence-corrected chi connectivity index (χ3v) is 14.1. The maximum absolute atomic E-state index is 14.8. The molecule has 4 amide bonds. The number of hydrogen-bond acceptors (Lipinski definition) is 34. The van der Waals surface area contributed by atoms with Crippen LogP contribution in [-0.2, 0) is 138 Å². The van der Waals surface area contributed by atoms with E-state index < -0.39 is 273 Å². The minimum atomic E-state index is -5.19. The molecule has 0 fully saturated rings. The first-order chi connectivity index (χ1) is 47.3. The molecular formula is C57H90N9O35P. The van der Waals surface area contributed by atoms with Crippen molar-refractivity contribution in [2.24, 2.45) is 11.5 Å². The Labute approximate surface area is 582 Å². The van der Waals surface area contributed by atoms with Gasteiger partial charge in [-0.05, 0) is 0 Å². The van der Waals surface area contributed by atoms with Crippen LogP contribution in [0.2, 0.25) is 0 Å². The van der Waals surface area contributed by atoms with Crippen LogP contribution in [-0.4, -0.2) is 334 Å². The molecule has 0 aromatic rings. The molecule has 0 aliphatic rings. The minimum absolute atomic E-state index is 0.0806. The summed E-state index contributed by atoms with van der Waals surface area (Å²) in [5.74, 6) is -23.9. The number of nitrogens with one attached hydrogen (secondary N) is 2. The molecule has 0 aliphatic heterocycles. The Morgan fingerprint density at radius 1 is 0.392 bits per heavy atom. The highest BCUT2D eigenvalue weighted by atomic mass is 31.2. The van der Waals surface area contributed by atoms with Gasteiger partial charge in [-0.15, -0.1) is 0 Å². The van der Waals surface area contributed by atoms with Crippen molar-refractivity contribution in [2.45, 2.75) is 143 Å². The fourth-order valence-corrected chi connectivity index (χ4v) is 10.3. The monoisotopic (exact) mass is 1490 g/mol. The number of carbonyl (C=O) groups is 18. The van der Waals surface area contributed by atoms with Gasteiger partial charge < -0.3 is 109 Å². The highest BCUT2D eigenvalue weighted by Crippen LogP contribution is 2.35. The van der Waals surface area contributed by atoms with E-state index in [9.17, 15) is 121 Å². The van der Waals surface area contributed by atoms with Crippen molar-refractivity contribution >= 4 is 115 Å². The Balaban J connectivity index is 8.21. The van der Waals surface area contributed by atoms with Gasteiger partial charge in [-0.2, -0.15) is 0 Å². The fourth-order valence-electron chi connectivity index (χ4n) is 9.48. The van der Waals surface area contributed by atoms with Gasteiger partial charge in [0.05, 0.1) is 25.9 Å². The lowest BCUT2D eigenvalue weighted by atomic mass is 10.0. The van der Waals surface area contributed by atoms with Gasteiger partial charge >= 0.3 is 91.2 Å². The van der Waals surface area contributed by atoms with Gasteiger partial charge in [-0.3, -0.25) is 106 Å². The number of amides is 4. The minimum Gasteiger partial charge on any atom is -0.480 e. The molecule has 10 atom stereocenters. The summed E-state index contributed by atoms with van der Waals surface area (Å²) in [6, 6.07) is -4.19. The largest absolute Gasteiger partial charge is 0.480 e. The first-order valence-electron chi connectivity index (χ1n) is 30.6. The van der Waals surface area contributed by atoms with E-state index in [0.717, 1.165) is 83.9 Å². The van der Waals surface area contributed by atoms with E-state index >= 15 is 0 Å². The first-order valence-corrected chi connectivity index (χ1v) is 32.4. The zero-order chi connectivity index (χ0) is 78.5. The Bertz CT molecular complexity index is 2880. The number of carboxylic acids is 4. The van der Waals surface area contributed by atoms with Crippen LogP contribution in [0.3, 0.4) is 0 Å². The standard InChI is InChI=1S/C57H90N9O35P/c1-30(67)92-27-42(94-32(3)69)48(96-34(5)71)50(98-36(7)73)52(100-38(9)75)54(83)60-13-17-64(18-14-61-55(84)53(101-39(10)76)51(99-37(8)74)49(97-35(6)72)43(95-33(4)70)28-93-31(2)68)45(78)24-41(57(87)88)66(26-47(81)82)22-20-62(29-102(89,90)91)19-21-65(25-46(79)80)40(56(85)86)23-44(77)63(15-11-58)16-12-59/h40-43,48-53H,11-29,58-59H2,1-10H3,(H,60,83)(H,61,84)(H,79,80)(H,81,82)(H,85,86)(H,87,88)(H2,89,90,91). The van der Waals surface area contributed by atoms with Gasteiger partial charge in [0, 0.05) is 148 Å². The number of carboxylic acid groups (broad SMARTS) is 4. The second-order valence-electron chi connectivity index (χ2n) is 21.9. The van der Waals surface area contributed by atoms with Gasteiger partial charge in [0.25, 0.3) is 11.8 Å². The highest BCUT2D eigenvalue weighted by Gasteiger charge is 2.49. The number of rotatable bonds is 50. The normalized spacial score (nSPS) is 14.1. The van der Waals surface area contributed by atoms with Crippen molar-refractivity contribution in [2.75, 3.05) is 111 Å². The molecule has 0 aliphatic carbocycles. The van der Waals surface area contributed by atoms with Crippen molar-refractivity contribution < 1.29 is 168 Å². The summed E-state index contributed by atoms with van der Waals surface area (Å²) in [6.45, 7) is -2.80. The van der Waals surface area contributed by atoms with E-state index in [4.69, 9.17) is 58.8 Å². The molecule has 0 radical (unpaired) electrons. The Morgan fingerprint density at radius 3 is 0.941 bits per heavy atom. The molecule has 0 saturated carbocycles. The first kappa shape index (κ1) is 92.4. The molecule has 44 nitrogen and oxygen atoms in total. The smallest absolute Gasteiger partial charge is 0.339 e. The van der Waals surface area contributed by atoms with Crippen molar-refractivity contribution in [3.05, 3.63) is 0 Å². The van der Waals surface area contributed by atoms with Crippen LogP contribution in [0.4, 0.5) is 0 Å². The van der Waals surface area contributed by atoms with Gasteiger partial charge in [-0.1, -0.05) is 0 Å². The maximum atomic E-state index is 14.8. The predicted molar refractivity (Wildman–Crippen MR) is 334 cm³/mol. The number of hydrogen-bond donors (Lipinski definition) is 10. The summed E-state index contributed by atoms with van der Waals surface area (Å²) in [7, 11) is -5.19. The highest BCUT2D eigenvalue weighted by molar-refractivity contribution is 7.51. The third kappa shape index (κ3) is 38.3. The molecule has 578 valence electrons. The van der Waals surface area contributed by atoms with Crippen LogP contribution in [0.25, 0.3) is 0 Å². The van der Waals surface area contributed by atoms with E-state index in [0.29, 0.717) is 9.80 Å². The van der Waals surface area contributed by atoms with Gasteiger partial charge in [0.15, 0.2) is 36.6 Å². The topological polar surface area (TPSA) is 630 Å². The van der Waals surface area contributed by atoms with Crippen molar-refractivity contribution in [1.82, 2.24) is 35.1 Å². The third-order valence-electron chi connectivity index (χ3n) is 13.3. The van der Waals surface area contributed by atoms with E-state index in [-0.39, 0.29) is 26.2 Å². The second kappa shape index (κ2) is 46.8. The van der Waals surface area contributed by atoms with E-state index in [1.54, 1.807) is 0 Å². The SMILES string of the molecule is CC(=O)OCC(OC(C)=O)C(OC(C)=O)C(OC(C)=O)C(OC(C)=O)C(=O)NCCN(CCNC(=O)C(OC(C)=O)C(OC(C)=O)C(OC(C)=O)C(COC(C)=O)OC(C)=O)C(=O)CC(C(=O)O)N(CCN(CCN(CC(=O)O)C(CC(=O)N(CCN)CCN)C(=O)O)CP(=O)(O)O)CC(=O)O. The molecule has 0 saturated heterocycles. The molecule has 102 heavy (non-hydrogen) atoms. The second-order valence-corrected chi connectivity index (χ2v) is 23.6. The average Bonchev–Trinajstić information content (AvgIpc) is 0.826. The van der Waals surface area contributed by atoms with Gasteiger partial charge in [0.2, 0.25) is 24.0 Å². The maximum Gasteiger partial charge on any atom is 0.339 e. The van der Waals surface area contributed by atoms with E-state index in [1.165, 1.54) is 0 Å². The summed E-state index contributed by atoms with van der Waals surface area (Å²) >= 11 is 0. The molecule has 10 unspecified atom stereocenters. The predicted octanol–water partition coefficient (Wildman–Crippen LogP) is -6.73. The summed E-state index contributed by atoms with van der Waals surface area (Å²) in [4.78, 5) is 256. The number of ether oxygens (including phenoxy) is 10. The average molecular weight is 1490 g/mol. The number of esters is 10. The van der Waals surface area contributed by atoms with Crippen molar-refractivity contribution in [1.29, 1.82) is 0 Å². The van der Waals surface area contributed by atoms with Crippen LogP contribution < -0.4 is 22.1 Å². The summed E-state index contributed by atoms with van der Waals surface area (Å²) in [5.41, 5.74) is 11.2. The summed E-state index contributed by atoms with van der Waals surface area (Å²) < 4.78 is 64.5. The number of carbonyl (C=O) groups excluding carboxylic acids is 14. The molecule has 45 heteroatoms. The zero-order valence-electron chi connectivity index (χ0n) is 57.6. The summed E-state index contributed by atoms with van der Waals surface area (Å²) in [5, 5.41) is 45.3. The number of nitrogens with zero attached hydrogens (tertiary/aromatic N) is 5. The number of nitrogens with two attached hydrogens (primary N) is 2. The van der Waals surface area contributed by atoms with E-state index in [1.807, 2.05) is 0 Å². The fraction of sp³-hybridized carbons (Fsp3) is 0.684. The summed E-state index contributed by atoms with van der Waals surface area (Å²) in [6.07, 6.45) is -21.0. The van der Waals surface area contributed by atoms with Crippen LogP contribution in [0, 0.1) is 0 Å². The van der Waals surface area contributed by atoms with Crippen LogP contribution in [0.1, 0.15) is 82.1 Å². The molecule has 0 aromatic carbocycles. The van der Waals surface area contributed by atoms with Gasteiger partial charge in [0.1, 0.15) is 31.6 Å². The molecule has 0 spiro atoms. The van der Waals surface area contributed by atoms with E-state index in [2.05, 4.69) is 10.6 Å². The molecule has 0 rings (SSSR count). The molecule has 12 N–H and O–H groups in total. The Hall–Kier alpha value is -9.59. The van der Waals surface area contributed by atoms with Gasteiger partial charge in [-0.25, -0.2) is 0 Å². The Morgan fingerprint density at radius 2 is 0.686 bits per heavy atom. The lowest BCUT2D eigenvalue weighted by Crippen LogP contribution is -2.58. The van der Waals surface area contributed by atoms with Crippen molar-refractivity contribution in [3.8, 4) is 0 Å². The lowest BCUT2D eigenvalue weighted by Gasteiger charge is -2.35. The molecular weight excluding hydrogens is 1400 g/mol. The molecule has 0 heterocycles. The molecule has 0 bridgehead atoms. The van der Waals surface area contributed by atoms with Crippen LogP contribution >= 0.6 is 7.60 Å². The zero-order valence-corrected chi connectivity index (χ0v) is 58.5. The van der Waals surface area contributed by atoms with Crippen molar-refractivity contribution in [3.63, 3.8) is 0 Å². The van der Waals surface area contributed by atoms with Crippen LogP contribution in [0.15, 0.2) is 0 Å². The molecule has 0 aromatic heterocycles.